The minimum absolute atomic E-state index is 0.711. The van der Waals surface area contributed by atoms with Crippen molar-refractivity contribution in [3.8, 4) is 0 Å². The van der Waals surface area contributed by atoms with E-state index >= 15 is 0 Å². The summed E-state index contributed by atoms with van der Waals surface area (Å²) in [6, 6.07) is 0. The Morgan fingerprint density at radius 1 is 1.47 bits per heavy atom. The number of aliphatic imine (C=N–C) groups is 1. The Kier molecular flexibility index (Phi) is 7.44. The van der Waals surface area contributed by atoms with Crippen LogP contribution in [0, 0.1) is 11.8 Å². The maximum atomic E-state index is 4.63. The highest BCUT2D eigenvalue weighted by Crippen LogP contribution is 2.30. The molecule has 4 heteroatoms. The monoisotopic (exact) mass is 274 g/mol. The third-order valence-corrected chi connectivity index (χ3v) is 5.54. The standard InChI is InChI=1S/C13H26N2S2/c1-5-11(6-2)12-8-15-13(17-12)14-7-10(3)9-16-4/h10-12H,5-9H2,1-4H3,(H,14,15). The van der Waals surface area contributed by atoms with E-state index in [9.17, 15) is 0 Å². The minimum atomic E-state index is 0.711. The highest BCUT2D eigenvalue weighted by Gasteiger charge is 2.25. The van der Waals surface area contributed by atoms with Gasteiger partial charge in [0.2, 0.25) is 0 Å². The molecule has 2 unspecified atom stereocenters. The average Bonchev–Trinajstić information content (AvgIpc) is 2.77. The number of amidine groups is 1. The summed E-state index contributed by atoms with van der Waals surface area (Å²) in [4.78, 5) is 4.63. The zero-order valence-electron chi connectivity index (χ0n) is 11.5. The number of rotatable bonds is 7. The number of hydrogen-bond acceptors (Lipinski definition) is 4. The second-order valence-corrected chi connectivity index (χ2v) is 6.96. The molecule has 1 rings (SSSR count). The Hall–Kier alpha value is 0.170. The molecule has 1 aliphatic rings. The van der Waals surface area contributed by atoms with Gasteiger partial charge in [0.25, 0.3) is 0 Å². The topological polar surface area (TPSA) is 24.4 Å². The third-order valence-electron chi connectivity index (χ3n) is 3.31. The molecule has 0 aliphatic carbocycles. The zero-order valence-corrected chi connectivity index (χ0v) is 13.2. The molecule has 0 spiro atoms. The van der Waals surface area contributed by atoms with Crippen LogP contribution in [0.15, 0.2) is 4.99 Å². The first kappa shape index (κ1) is 15.2. The van der Waals surface area contributed by atoms with Crippen LogP contribution in [0.25, 0.3) is 0 Å². The molecule has 1 heterocycles. The van der Waals surface area contributed by atoms with Crippen LogP contribution in [-0.2, 0) is 0 Å². The van der Waals surface area contributed by atoms with Gasteiger partial charge < -0.3 is 5.32 Å². The molecule has 1 N–H and O–H groups in total. The van der Waals surface area contributed by atoms with E-state index in [1.165, 1.54) is 23.8 Å². The first-order chi connectivity index (χ1) is 8.21. The summed E-state index contributed by atoms with van der Waals surface area (Å²) in [5.74, 6) is 2.77. The quantitative estimate of drug-likeness (QED) is 0.769. The lowest BCUT2D eigenvalue weighted by Crippen LogP contribution is -2.27. The van der Waals surface area contributed by atoms with Crippen LogP contribution in [0.5, 0.6) is 0 Å². The van der Waals surface area contributed by atoms with Gasteiger partial charge in [0, 0.05) is 11.8 Å². The molecule has 0 aromatic heterocycles. The second-order valence-electron chi connectivity index (χ2n) is 4.82. The molecule has 0 aromatic carbocycles. The Balaban J connectivity index is 2.25. The molecule has 0 saturated carbocycles. The predicted molar refractivity (Wildman–Crippen MR) is 83.3 cm³/mol. The fraction of sp³-hybridized carbons (Fsp3) is 0.923. The van der Waals surface area contributed by atoms with Gasteiger partial charge in [-0.05, 0) is 23.8 Å². The Labute approximate surface area is 115 Å². The molecule has 2 nitrogen and oxygen atoms in total. The van der Waals surface area contributed by atoms with Crippen LogP contribution in [0.2, 0.25) is 0 Å². The number of thioether (sulfide) groups is 2. The molecule has 0 bridgehead atoms. The van der Waals surface area contributed by atoms with Crippen molar-refractivity contribution in [1.29, 1.82) is 0 Å². The second kappa shape index (κ2) is 8.30. The molecular formula is C13H26N2S2. The number of nitrogens with zero attached hydrogens (tertiary/aromatic N) is 1. The first-order valence-electron chi connectivity index (χ1n) is 6.65. The van der Waals surface area contributed by atoms with Crippen molar-refractivity contribution in [2.45, 2.75) is 38.9 Å². The fourth-order valence-electron chi connectivity index (χ4n) is 2.15. The van der Waals surface area contributed by atoms with Crippen molar-refractivity contribution in [3.63, 3.8) is 0 Å². The van der Waals surface area contributed by atoms with Gasteiger partial charge in [-0.25, -0.2) is 0 Å². The van der Waals surface area contributed by atoms with Crippen molar-refractivity contribution in [2.24, 2.45) is 16.8 Å². The lowest BCUT2D eigenvalue weighted by Gasteiger charge is -2.19. The number of hydrogen-bond donors (Lipinski definition) is 1. The van der Waals surface area contributed by atoms with Crippen molar-refractivity contribution in [3.05, 3.63) is 0 Å². The summed E-state index contributed by atoms with van der Waals surface area (Å²) in [7, 11) is 0. The Morgan fingerprint density at radius 2 is 2.18 bits per heavy atom. The lowest BCUT2D eigenvalue weighted by molar-refractivity contribution is 0.479. The van der Waals surface area contributed by atoms with E-state index < -0.39 is 0 Å². The molecule has 100 valence electrons. The fourth-order valence-corrected chi connectivity index (χ4v) is 4.17. The third kappa shape index (κ3) is 5.12. The molecule has 0 radical (unpaired) electrons. The van der Waals surface area contributed by atoms with Gasteiger partial charge in [-0.15, -0.1) is 0 Å². The summed E-state index contributed by atoms with van der Waals surface area (Å²) in [6.45, 7) is 8.95. The van der Waals surface area contributed by atoms with Crippen LogP contribution in [0.4, 0.5) is 0 Å². The predicted octanol–water partition coefficient (Wildman–Crippen LogP) is 3.48. The van der Waals surface area contributed by atoms with E-state index in [2.05, 4.69) is 37.3 Å². The maximum Gasteiger partial charge on any atom is 0.156 e. The van der Waals surface area contributed by atoms with E-state index in [1.807, 2.05) is 23.5 Å². The van der Waals surface area contributed by atoms with Gasteiger partial charge in [0.1, 0.15) is 0 Å². The van der Waals surface area contributed by atoms with Gasteiger partial charge in [0.05, 0.1) is 6.54 Å². The van der Waals surface area contributed by atoms with E-state index in [0.717, 1.165) is 24.9 Å². The van der Waals surface area contributed by atoms with E-state index in [4.69, 9.17) is 0 Å². The highest BCUT2D eigenvalue weighted by molar-refractivity contribution is 8.14. The van der Waals surface area contributed by atoms with Crippen molar-refractivity contribution >= 4 is 28.7 Å². The van der Waals surface area contributed by atoms with Crippen molar-refractivity contribution in [2.75, 3.05) is 25.1 Å². The summed E-state index contributed by atoms with van der Waals surface area (Å²) in [6.07, 6.45) is 4.72. The van der Waals surface area contributed by atoms with Crippen LogP contribution in [-0.4, -0.2) is 35.5 Å². The van der Waals surface area contributed by atoms with Gasteiger partial charge in [-0.2, -0.15) is 11.8 Å². The average molecular weight is 274 g/mol. The van der Waals surface area contributed by atoms with Gasteiger partial charge in [-0.1, -0.05) is 45.4 Å². The summed E-state index contributed by atoms with van der Waals surface area (Å²) in [5.41, 5.74) is 0. The van der Waals surface area contributed by atoms with Crippen LogP contribution < -0.4 is 5.32 Å². The molecule has 0 amide bonds. The normalized spacial score (nSPS) is 21.7. The van der Waals surface area contributed by atoms with E-state index in [-0.39, 0.29) is 0 Å². The summed E-state index contributed by atoms with van der Waals surface area (Å²) >= 11 is 3.88. The largest absolute Gasteiger partial charge is 0.365 e. The molecule has 17 heavy (non-hydrogen) atoms. The smallest absolute Gasteiger partial charge is 0.156 e. The van der Waals surface area contributed by atoms with Gasteiger partial charge in [0.15, 0.2) is 5.17 Å². The van der Waals surface area contributed by atoms with Gasteiger partial charge >= 0.3 is 0 Å². The Bertz CT molecular complexity index is 240. The Morgan fingerprint density at radius 3 is 2.76 bits per heavy atom. The molecule has 2 atom stereocenters. The van der Waals surface area contributed by atoms with Crippen LogP contribution in [0.1, 0.15) is 33.6 Å². The molecular weight excluding hydrogens is 248 g/mol. The highest BCUT2D eigenvalue weighted by atomic mass is 32.2. The van der Waals surface area contributed by atoms with Crippen molar-refractivity contribution in [1.82, 2.24) is 5.32 Å². The number of nitrogens with one attached hydrogen (secondary N) is 1. The SMILES string of the molecule is CCC(CC)C1CN=C(NCC(C)CSC)S1. The molecule has 0 fully saturated rings. The molecule has 0 aromatic rings. The van der Waals surface area contributed by atoms with E-state index in [0.29, 0.717) is 5.25 Å². The maximum absolute atomic E-state index is 4.63. The van der Waals surface area contributed by atoms with Crippen LogP contribution >= 0.6 is 23.5 Å². The lowest BCUT2D eigenvalue weighted by atomic mass is 9.99. The first-order valence-corrected chi connectivity index (χ1v) is 8.92. The van der Waals surface area contributed by atoms with Crippen LogP contribution in [0.3, 0.4) is 0 Å². The molecule has 0 saturated heterocycles. The summed E-state index contributed by atoms with van der Waals surface area (Å²) in [5, 5.41) is 5.39. The van der Waals surface area contributed by atoms with Gasteiger partial charge in [-0.3, -0.25) is 4.99 Å². The minimum Gasteiger partial charge on any atom is -0.365 e. The van der Waals surface area contributed by atoms with Crippen molar-refractivity contribution < 1.29 is 0 Å². The molecule has 1 aliphatic heterocycles. The zero-order chi connectivity index (χ0) is 12.7. The summed E-state index contributed by atoms with van der Waals surface area (Å²) < 4.78 is 0. The van der Waals surface area contributed by atoms with E-state index in [1.54, 1.807) is 0 Å².